The summed E-state index contributed by atoms with van der Waals surface area (Å²) in [5.74, 6) is 0.218. The van der Waals surface area contributed by atoms with Crippen molar-refractivity contribution in [1.29, 1.82) is 0 Å². The van der Waals surface area contributed by atoms with E-state index < -0.39 is 0 Å². The predicted molar refractivity (Wildman–Crippen MR) is 84.7 cm³/mol. The lowest BCUT2D eigenvalue weighted by Crippen LogP contribution is -2.35. The quantitative estimate of drug-likeness (QED) is 0.877. The molecule has 1 N–H and O–H groups in total. The molecule has 3 rings (SSSR count). The van der Waals surface area contributed by atoms with E-state index in [9.17, 15) is 4.79 Å². The van der Waals surface area contributed by atoms with Gasteiger partial charge in [-0.1, -0.05) is 15.9 Å². The van der Waals surface area contributed by atoms with Crippen LogP contribution in [0.5, 0.6) is 5.88 Å². The largest absolute Gasteiger partial charge is 0.467 e. The van der Waals surface area contributed by atoms with Gasteiger partial charge in [-0.3, -0.25) is 4.79 Å². The monoisotopic (exact) mass is 365 g/mol. The van der Waals surface area contributed by atoms with Gasteiger partial charge in [0.2, 0.25) is 5.88 Å². The third kappa shape index (κ3) is 3.72. The van der Waals surface area contributed by atoms with E-state index in [4.69, 9.17) is 9.47 Å². The lowest BCUT2D eigenvalue weighted by Gasteiger charge is -2.11. The van der Waals surface area contributed by atoms with Crippen LogP contribution in [0.4, 0.5) is 0 Å². The van der Waals surface area contributed by atoms with Crippen LogP contribution in [0.2, 0.25) is 0 Å². The summed E-state index contributed by atoms with van der Waals surface area (Å²) < 4.78 is 11.9. The third-order valence-electron chi connectivity index (χ3n) is 3.45. The number of rotatable bonds is 5. The summed E-state index contributed by atoms with van der Waals surface area (Å²) in [6.07, 6.45) is 3.60. The van der Waals surface area contributed by atoms with Crippen molar-refractivity contribution in [3.8, 4) is 5.88 Å². The first kappa shape index (κ1) is 15.2. The molecule has 7 heteroatoms. The molecule has 1 amide bonds. The van der Waals surface area contributed by atoms with Gasteiger partial charge in [-0.2, -0.15) is 0 Å². The van der Waals surface area contributed by atoms with Crippen LogP contribution < -0.4 is 10.1 Å². The number of aromatic nitrogens is 2. The lowest BCUT2D eigenvalue weighted by atomic mass is 10.2. The SMILES string of the molecule is O=C(COc1ncnc2ccc(Br)cc12)NCC1CCCO1. The zero-order chi connectivity index (χ0) is 15.4. The summed E-state index contributed by atoms with van der Waals surface area (Å²) >= 11 is 3.40. The number of carbonyl (C=O) groups is 1. The van der Waals surface area contributed by atoms with Crippen molar-refractivity contribution in [2.75, 3.05) is 19.8 Å². The molecular formula is C15H16BrN3O3. The molecule has 1 aromatic carbocycles. The number of nitrogens with zero attached hydrogens (tertiary/aromatic N) is 2. The number of hydrogen-bond donors (Lipinski definition) is 1. The number of amides is 1. The molecule has 2 heterocycles. The summed E-state index contributed by atoms with van der Waals surface area (Å²) in [6.45, 7) is 1.22. The Morgan fingerprint density at radius 1 is 1.45 bits per heavy atom. The van der Waals surface area contributed by atoms with Crippen molar-refractivity contribution in [3.63, 3.8) is 0 Å². The van der Waals surface area contributed by atoms with Crippen LogP contribution in [0.1, 0.15) is 12.8 Å². The van der Waals surface area contributed by atoms with Crippen LogP contribution in [0.15, 0.2) is 29.0 Å². The fraction of sp³-hybridized carbons (Fsp3) is 0.400. The van der Waals surface area contributed by atoms with E-state index in [1.54, 1.807) is 0 Å². The Hall–Kier alpha value is -1.73. The molecule has 1 saturated heterocycles. The van der Waals surface area contributed by atoms with Gasteiger partial charge in [0.05, 0.1) is 17.0 Å². The van der Waals surface area contributed by atoms with E-state index in [1.807, 2.05) is 18.2 Å². The fourth-order valence-electron chi connectivity index (χ4n) is 2.34. The number of halogens is 1. The minimum atomic E-state index is -0.183. The van der Waals surface area contributed by atoms with E-state index in [-0.39, 0.29) is 18.6 Å². The van der Waals surface area contributed by atoms with Crippen LogP contribution >= 0.6 is 15.9 Å². The number of ether oxygens (including phenoxy) is 2. The van der Waals surface area contributed by atoms with Crippen molar-refractivity contribution in [2.24, 2.45) is 0 Å². The maximum atomic E-state index is 11.8. The molecule has 1 aliphatic rings. The molecule has 1 unspecified atom stereocenters. The normalized spacial score (nSPS) is 17.6. The molecule has 0 spiro atoms. The van der Waals surface area contributed by atoms with Crippen molar-refractivity contribution in [1.82, 2.24) is 15.3 Å². The second-order valence-electron chi connectivity index (χ2n) is 5.07. The highest BCUT2D eigenvalue weighted by Gasteiger charge is 2.16. The number of carbonyl (C=O) groups excluding carboxylic acids is 1. The molecule has 0 aliphatic carbocycles. The molecule has 1 aliphatic heterocycles. The standard InChI is InChI=1S/C15H16BrN3O3/c16-10-3-4-13-12(6-10)15(19-9-18-13)22-8-14(20)17-7-11-2-1-5-21-11/h3-4,6,9,11H,1-2,5,7-8H2,(H,17,20). The Bertz CT molecular complexity index is 674. The third-order valence-corrected chi connectivity index (χ3v) is 3.94. The maximum Gasteiger partial charge on any atom is 0.258 e. The summed E-state index contributed by atoms with van der Waals surface area (Å²) in [4.78, 5) is 20.1. The fourth-order valence-corrected chi connectivity index (χ4v) is 2.70. The van der Waals surface area contributed by atoms with Crippen LogP contribution in [0, 0.1) is 0 Å². The maximum absolute atomic E-state index is 11.8. The van der Waals surface area contributed by atoms with E-state index in [2.05, 4.69) is 31.2 Å². The number of benzene rings is 1. The van der Waals surface area contributed by atoms with Crippen molar-refractivity contribution >= 4 is 32.7 Å². The molecule has 0 radical (unpaired) electrons. The van der Waals surface area contributed by atoms with Gasteiger partial charge in [-0.25, -0.2) is 9.97 Å². The molecule has 1 aromatic heterocycles. The topological polar surface area (TPSA) is 73.3 Å². The average Bonchev–Trinajstić information content (AvgIpc) is 3.04. The smallest absolute Gasteiger partial charge is 0.258 e. The Morgan fingerprint density at radius 3 is 3.18 bits per heavy atom. The molecular weight excluding hydrogens is 350 g/mol. The number of fused-ring (bicyclic) bond motifs is 1. The highest BCUT2D eigenvalue weighted by molar-refractivity contribution is 9.10. The van der Waals surface area contributed by atoms with Gasteiger partial charge in [0.25, 0.3) is 5.91 Å². The van der Waals surface area contributed by atoms with Gasteiger partial charge in [0, 0.05) is 17.6 Å². The molecule has 0 saturated carbocycles. The van der Waals surface area contributed by atoms with Gasteiger partial charge in [-0.05, 0) is 31.0 Å². The summed E-state index contributed by atoms with van der Waals surface area (Å²) in [5, 5.41) is 3.58. The van der Waals surface area contributed by atoms with Gasteiger partial charge >= 0.3 is 0 Å². The lowest BCUT2D eigenvalue weighted by molar-refractivity contribution is -0.123. The van der Waals surface area contributed by atoms with Crippen LogP contribution in [0.25, 0.3) is 10.9 Å². The zero-order valence-corrected chi connectivity index (χ0v) is 13.5. The van der Waals surface area contributed by atoms with Crippen LogP contribution in [0.3, 0.4) is 0 Å². The second-order valence-corrected chi connectivity index (χ2v) is 5.98. The van der Waals surface area contributed by atoms with Gasteiger partial charge in [0.15, 0.2) is 6.61 Å². The van der Waals surface area contributed by atoms with Gasteiger partial charge in [0.1, 0.15) is 6.33 Å². The van der Waals surface area contributed by atoms with Crippen LogP contribution in [-0.4, -0.2) is 41.7 Å². The van der Waals surface area contributed by atoms with E-state index in [1.165, 1.54) is 6.33 Å². The first-order valence-corrected chi connectivity index (χ1v) is 7.93. The van der Waals surface area contributed by atoms with Crippen molar-refractivity contribution < 1.29 is 14.3 Å². The van der Waals surface area contributed by atoms with E-state index in [0.29, 0.717) is 12.4 Å². The molecule has 0 bridgehead atoms. The molecule has 22 heavy (non-hydrogen) atoms. The highest BCUT2D eigenvalue weighted by Crippen LogP contribution is 2.24. The van der Waals surface area contributed by atoms with Gasteiger partial charge in [-0.15, -0.1) is 0 Å². The zero-order valence-electron chi connectivity index (χ0n) is 11.9. The second kappa shape index (κ2) is 7.02. The predicted octanol–water partition coefficient (Wildman–Crippen LogP) is 2.07. The van der Waals surface area contributed by atoms with Crippen LogP contribution in [-0.2, 0) is 9.53 Å². The number of nitrogens with one attached hydrogen (secondary N) is 1. The summed E-state index contributed by atoms with van der Waals surface area (Å²) in [5.41, 5.74) is 0.771. The minimum Gasteiger partial charge on any atom is -0.467 e. The Morgan fingerprint density at radius 2 is 2.36 bits per heavy atom. The van der Waals surface area contributed by atoms with Crippen molar-refractivity contribution in [3.05, 3.63) is 29.0 Å². The molecule has 2 aromatic rings. The minimum absolute atomic E-state index is 0.0780. The van der Waals surface area contributed by atoms with Gasteiger partial charge < -0.3 is 14.8 Å². The average molecular weight is 366 g/mol. The summed E-state index contributed by atoms with van der Waals surface area (Å²) in [7, 11) is 0. The highest BCUT2D eigenvalue weighted by atomic mass is 79.9. The first-order valence-electron chi connectivity index (χ1n) is 7.14. The van der Waals surface area contributed by atoms with Crippen molar-refractivity contribution in [2.45, 2.75) is 18.9 Å². The first-order chi connectivity index (χ1) is 10.7. The Kier molecular flexibility index (Phi) is 4.84. The molecule has 6 nitrogen and oxygen atoms in total. The molecule has 116 valence electrons. The Labute approximate surface area is 136 Å². The Balaban J connectivity index is 1.58. The molecule has 1 atom stereocenters. The number of hydrogen-bond acceptors (Lipinski definition) is 5. The van der Waals surface area contributed by atoms with E-state index >= 15 is 0 Å². The summed E-state index contributed by atoms with van der Waals surface area (Å²) in [6, 6.07) is 5.63. The molecule has 1 fully saturated rings. The van der Waals surface area contributed by atoms with E-state index in [0.717, 1.165) is 34.8 Å².